The van der Waals surface area contributed by atoms with E-state index in [2.05, 4.69) is 44.1 Å². The van der Waals surface area contributed by atoms with Crippen LogP contribution in [0.15, 0.2) is 24.3 Å². The standard InChI is InChI=1S/C87H143N13O21S2/c1-3-4-5-6-7-8-9-10-11-12-13-14-15-32-64(102)33-26-34-65(103)47-58(28-18-22-42-88)80(114)94-67(35-20-24-44-90)73(105)50-63-55-122-53-61-30-16-17-31-62(61)54-123-56-71(74(106)49-59(29-19-23-43-89)81(115)95-68(79(92)113)36-21-25-45-91)98-82(116)60(38-40-75(107)108)48-66(104)52-93-86(120)78(57(2)101)99-84(118)69(39-41-76(109)110)96-85(119)72-37-27-46-100(72)87(121)70(51-77(111)112)97-83(63)117/h16-17,30-31,57-60,63,67-72,78,101H,3-15,18-29,32-56,88-91H2,1-2H3,(H2,92,113)(H,93,120)(H,94,114)(H,95,115)(H,96,119)(H,97,117)(H,98,116)(H,99,118)(H,107,108)(H,109,110)(H,111,112)/t57-,58-,59-,60-,63+,67+,68+,69+,70+,71+,72+,78+/m1/s1. The number of hydrogen-bond donors (Lipinski definition) is 16. The number of nitrogens with zero attached hydrogens (tertiary/aromatic N) is 1. The Bertz CT molecular complexity index is 3520. The number of unbranched alkanes of at least 4 members (excludes halogenated alkanes) is 16. The van der Waals surface area contributed by atoms with E-state index in [0.717, 1.165) is 61.0 Å². The van der Waals surface area contributed by atoms with Gasteiger partial charge in [-0.25, -0.2) is 0 Å². The number of aliphatic hydroxyl groups excluding tert-OH is 1. The Balaban J connectivity index is 2.18. The van der Waals surface area contributed by atoms with E-state index >= 15 is 9.59 Å². The van der Waals surface area contributed by atoms with E-state index in [-0.39, 0.29) is 112 Å². The molecule has 1 aromatic carbocycles. The first-order chi connectivity index (χ1) is 58.9. The fraction of sp³-hybridized carbons (Fsp3) is 0.736. The van der Waals surface area contributed by atoms with Crippen LogP contribution in [0.4, 0.5) is 0 Å². The van der Waals surface area contributed by atoms with Crippen LogP contribution in [0.2, 0.25) is 0 Å². The summed E-state index contributed by atoms with van der Waals surface area (Å²) in [4.78, 5) is 238. The van der Waals surface area contributed by atoms with Crippen molar-refractivity contribution in [3.8, 4) is 0 Å². The normalized spacial score (nSPS) is 20.1. The highest BCUT2D eigenvalue weighted by Gasteiger charge is 2.42. The minimum atomic E-state index is -1.92. The van der Waals surface area contributed by atoms with Gasteiger partial charge in [0.1, 0.15) is 41.8 Å². The summed E-state index contributed by atoms with van der Waals surface area (Å²) in [7, 11) is 0. The van der Waals surface area contributed by atoms with Gasteiger partial charge in [-0.1, -0.05) is 121 Å². The fourth-order valence-corrected chi connectivity index (χ4v) is 17.3. The topological polar surface area (TPSA) is 589 Å². The van der Waals surface area contributed by atoms with Crippen LogP contribution < -0.4 is 65.9 Å². The molecule has 0 spiro atoms. The Hall–Kier alpha value is -8.29. The molecule has 694 valence electrons. The second kappa shape index (κ2) is 63.6. The van der Waals surface area contributed by atoms with E-state index in [0.29, 0.717) is 88.4 Å². The van der Waals surface area contributed by atoms with Gasteiger partial charge in [-0.15, -0.1) is 0 Å². The molecule has 0 radical (unpaired) electrons. The van der Waals surface area contributed by atoms with Crippen LogP contribution in [-0.4, -0.2) is 224 Å². The first-order valence-corrected chi connectivity index (χ1v) is 46.9. The molecular formula is C87H143N13O21S2. The molecule has 123 heavy (non-hydrogen) atoms. The maximum atomic E-state index is 15.2. The number of carboxylic acids is 3. The second-order valence-corrected chi connectivity index (χ2v) is 34.8. The number of aliphatic carboxylic acids is 3. The predicted molar refractivity (Wildman–Crippen MR) is 468 cm³/mol. The van der Waals surface area contributed by atoms with Gasteiger partial charge in [0.15, 0.2) is 17.3 Å². The zero-order chi connectivity index (χ0) is 91.0. The molecule has 9 amide bonds. The highest BCUT2D eigenvalue weighted by Crippen LogP contribution is 2.29. The van der Waals surface area contributed by atoms with E-state index in [1.807, 2.05) is 0 Å². The molecule has 12 atom stereocenters. The van der Waals surface area contributed by atoms with Crippen molar-refractivity contribution in [2.75, 3.05) is 50.8 Å². The molecule has 1 fully saturated rings. The van der Waals surface area contributed by atoms with Crippen LogP contribution in [0.25, 0.3) is 0 Å². The minimum Gasteiger partial charge on any atom is -0.481 e. The Kier molecular flexibility index (Phi) is 56.3. The molecule has 0 aromatic heterocycles. The molecular weight excluding hydrogens is 1630 g/mol. The molecule has 1 aromatic rings. The summed E-state index contributed by atoms with van der Waals surface area (Å²) in [5.41, 5.74) is 30.4. The number of benzene rings is 1. The number of carbonyl (C=O) groups is 17. The van der Waals surface area contributed by atoms with Gasteiger partial charge in [0.05, 0.1) is 37.1 Å². The summed E-state index contributed by atoms with van der Waals surface area (Å²) in [6, 6.07) is -3.96. The summed E-state index contributed by atoms with van der Waals surface area (Å²) in [6.45, 7) is 3.27. The molecule has 0 aliphatic carbocycles. The molecule has 0 bridgehead atoms. The van der Waals surface area contributed by atoms with Crippen LogP contribution in [0.1, 0.15) is 282 Å². The van der Waals surface area contributed by atoms with Crippen LogP contribution in [-0.2, 0) is 93.0 Å². The van der Waals surface area contributed by atoms with E-state index in [9.17, 15) is 92.3 Å². The van der Waals surface area contributed by atoms with Gasteiger partial charge in [-0.2, -0.15) is 23.5 Å². The van der Waals surface area contributed by atoms with Crippen molar-refractivity contribution >= 4 is 124 Å². The molecule has 1 saturated heterocycles. The number of nitrogens with two attached hydrogens (primary N) is 5. The Morgan fingerprint density at radius 2 is 1.01 bits per heavy atom. The molecule has 2 aliphatic heterocycles. The first-order valence-electron chi connectivity index (χ1n) is 44.5. The number of rotatable bonds is 56. The van der Waals surface area contributed by atoms with Crippen LogP contribution in [0, 0.1) is 23.7 Å². The molecule has 36 heteroatoms. The van der Waals surface area contributed by atoms with E-state index in [4.69, 9.17) is 28.7 Å². The largest absolute Gasteiger partial charge is 0.481 e. The molecule has 0 saturated carbocycles. The van der Waals surface area contributed by atoms with Gasteiger partial charge in [0.2, 0.25) is 53.2 Å². The van der Waals surface area contributed by atoms with Crippen molar-refractivity contribution in [3.05, 3.63) is 35.4 Å². The maximum Gasteiger partial charge on any atom is 0.305 e. The number of carbonyl (C=O) groups excluding carboxylic acids is 14. The third-order valence-electron chi connectivity index (χ3n) is 22.4. The van der Waals surface area contributed by atoms with Crippen LogP contribution in [0.3, 0.4) is 0 Å². The highest BCUT2D eigenvalue weighted by molar-refractivity contribution is 7.98. The number of primary amides is 1. The average Bonchev–Trinajstić information content (AvgIpc) is 1.75. The quantitative estimate of drug-likeness (QED) is 0.0368. The van der Waals surface area contributed by atoms with Crippen molar-refractivity contribution in [2.45, 2.75) is 331 Å². The number of nitrogens with one attached hydrogen (secondary N) is 7. The Labute approximate surface area is 732 Å². The van der Waals surface area contributed by atoms with Gasteiger partial charge in [-0.3, -0.25) is 81.5 Å². The number of amides is 9. The molecule has 2 heterocycles. The summed E-state index contributed by atoms with van der Waals surface area (Å²) in [5.74, 6) is -20.4. The van der Waals surface area contributed by atoms with Gasteiger partial charge >= 0.3 is 17.9 Å². The molecule has 0 unspecified atom stereocenters. The lowest BCUT2D eigenvalue weighted by atomic mass is 9.91. The average molecular weight is 1770 g/mol. The number of Topliss-reactive ketones (excluding diaryl/α,β-unsaturated/α-hetero) is 5. The SMILES string of the molecule is CCCCCCCCCCCCCCCC(=O)CCCC(=O)C[C@@H](CCCCN)C(=O)N[C@@H](CCCCN)C(=O)C[C@H]1CSCc2ccccc2CSC[C@@H](C(=O)C[C@@H](CCCCN)C(=O)N[C@@H](CCCCN)C(N)=O)NC(=O)[C@H](CCC(=O)O)CC(=O)CNC(=O)[C@H]([C@@H](C)O)NC(=O)[C@H](CCC(=O)O)NC(=O)[C@@H]2CCCN2C(=O)[C@H](CC(=O)O)NC1=O. The van der Waals surface area contributed by atoms with E-state index in [1.54, 1.807) is 24.3 Å². The molecule has 3 rings (SSSR count). The predicted octanol–water partition coefficient (Wildman–Crippen LogP) is 5.29. The zero-order valence-electron chi connectivity index (χ0n) is 72.5. The van der Waals surface area contributed by atoms with Crippen LogP contribution >= 0.6 is 23.5 Å². The first kappa shape index (κ1) is 109. The number of hydrogen-bond acceptors (Lipinski definition) is 24. The van der Waals surface area contributed by atoms with Crippen molar-refractivity contribution < 1.29 is 102 Å². The zero-order valence-corrected chi connectivity index (χ0v) is 74.1. The van der Waals surface area contributed by atoms with Gasteiger partial charge in [0.25, 0.3) is 0 Å². The number of carboxylic acid groups (broad SMARTS) is 3. The lowest BCUT2D eigenvalue weighted by Crippen LogP contribution is -2.60. The number of thioether (sulfide) groups is 2. The monoisotopic (exact) mass is 1770 g/mol. The Morgan fingerprint density at radius 1 is 0.512 bits per heavy atom. The van der Waals surface area contributed by atoms with Gasteiger partial charge in [-0.05, 0) is 147 Å². The van der Waals surface area contributed by atoms with Gasteiger partial charge in [0, 0.05) is 105 Å². The van der Waals surface area contributed by atoms with Crippen LogP contribution in [0.5, 0.6) is 0 Å². The van der Waals surface area contributed by atoms with Crippen molar-refractivity contribution in [3.63, 3.8) is 0 Å². The lowest BCUT2D eigenvalue weighted by Gasteiger charge is -2.30. The smallest absolute Gasteiger partial charge is 0.305 e. The number of fused-ring (bicyclic) bond motifs is 2. The summed E-state index contributed by atoms with van der Waals surface area (Å²) >= 11 is 2.32. The number of aliphatic hydroxyl groups is 1. The molecule has 2 aliphatic rings. The van der Waals surface area contributed by atoms with Crippen molar-refractivity contribution in [2.24, 2.45) is 52.3 Å². The highest BCUT2D eigenvalue weighted by atomic mass is 32.2. The van der Waals surface area contributed by atoms with E-state index in [1.165, 1.54) is 57.8 Å². The second-order valence-electron chi connectivity index (χ2n) is 32.7. The third kappa shape index (κ3) is 45.4. The van der Waals surface area contributed by atoms with Crippen molar-refractivity contribution in [1.29, 1.82) is 0 Å². The fourth-order valence-electron chi connectivity index (χ4n) is 15.0. The van der Waals surface area contributed by atoms with E-state index < -0.39 is 218 Å². The Morgan fingerprint density at radius 3 is 1.55 bits per heavy atom. The summed E-state index contributed by atoms with van der Waals surface area (Å²) < 4.78 is 0. The third-order valence-corrected chi connectivity index (χ3v) is 24.6. The summed E-state index contributed by atoms with van der Waals surface area (Å²) in [6.07, 6.45) is 12.8. The summed E-state index contributed by atoms with van der Waals surface area (Å²) in [5, 5.41) is 58.7. The minimum absolute atomic E-state index is 0.0339. The lowest BCUT2D eigenvalue weighted by molar-refractivity contribution is -0.146. The number of ketones is 5. The molecule has 34 nitrogen and oxygen atoms in total. The van der Waals surface area contributed by atoms with Crippen molar-refractivity contribution in [1.82, 2.24) is 42.1 Å². The van der Waals surface area contributed by atoms with Gasteiger partial charge < -0.3 is 91.2 Å². The molecule has 21 N–H and O–H groups in total. The maximum absolute atomic E-state index is 15.2.